The summed E-state index contributed by atoms with van der Waals surface area (Å²) in [6.07, 6.45) is 3.00. The van der Waals surface area contributed by atoms with E-state index in [1.54, 1.807) is 21.3 Å². The van der Waals surface area contributed by atoms with Crippen molar-refractivity contribution >= 4 is 17.0 Å². The Morgan fingerprint density at radius 3 is 2.31 bits per heavy atom. The van der Waals surface area contributed by atoms with Crippen LogP contribution in [0.2, 0.25) is 0 Å². The van der Waals surface area contributed by atoms with E-state index in [1.807, 2.05) is 12.1 Å². The highest BCUT2D eigenvalue weighted by molar-refractivity contribution is 5.81. The zero-order valence-electron chi connectivity index (χ0n) is 15.4. The fourth-order valence-electron chi connectivity index (χ4n) is 3.01. The van der Waals surface area contributed by atoms with Crippen molar-refractivity contribution in [3.8, 4) is 17.2 Å². The summed E-state index contributed by atoms with van der Waals surface area (Å²) in [7, 11) is 4.79. The molecule has 1 aromatic carbocycles. The van der Waals surface area contributed by atoms with Crippen LogP contribution in [0, 0.1) is 0 Å². The van der Waals surface area contributed by atoms with E-state index < -0.39 is 0 Å². The lowest BCUT2D eigenvalue weighted by Crippen LogP contribution is -2.06. The van der Waals surface area contributed by atoms with E-state index >= 15 is 0 Å². The third-order valence-corrected chi connectivity index (χ3v) is 4.17. The number of methoxy groups -OCH3 is 3. The van der Waals surface area contributed by atoms with Crippen molar-refractivity contribution in [2.45, 2.75) is 26.3 Å². The number of ether oxygens (including phenoxy) is 3. The van der Waals surface area contributed by atoms with Gasteiger partial charge in [0.1, 0.15) is 12.2 Å². The van der Waals surface area contributed by atoms with Gasteiger partial charge in [0.15, 0.2) is 28.5 Å². The second-order valence-corrected chi connectivity index (χ2v) is 5.82. The van der Waals surface area contributed by atoms with Crippen molar-refractivity contribution in [2.24, 2.45) is 0 Å². The molecular formula is C18H23N5O3. The molecule has 0 radical (unpaired) electrons. The number of imidazole rings is 1. The molecule has 0 aliphatic rings. The number of benzene rings is 1. The lowest BCUT2D eigenvalue weighted by molar-refractivity contribution is 0.324. The van der Waals surface area contributed by atoms with Crippen LogP contribution < -0.4 is 19.9 Å². The van der Waals surface area contributed by atoms with Gasteiger partial charge in [-0.1, -0.05) is 6.92 Å². The van der Waals surface area contributed by atoms with Crippen LogP contribution in [-0.4, -0.2) is 40.8 Å². The maximum absolute atomic E-state index is 5.97. The Bertz CT molecular complexity index is 898. The molecule has 0 saturated heterocycles. The van der Waals surface area contributed by atoms with Crippen molar-refractivity contribution in [1.82, 2.24) is 19.5 Å². The summed E-state index contributed by atoms with van der Waals surface area (Å²) in [6.45, 7) is 2.91. The highest BCUT2D eigenvalue weighted by atomic mass is 16.5. The zero-order chi connectivity index (χ0) is 18.7. The lowest BCUT2D eigenvalue weighted by atomic mass is 10.1. The van der Waals surface area contributed by atoms with E-state index in [0.29, 0.717) is 35.0 Å². The Hall–Kier alpha value is -3.03. The first-order valence-electron chi connectivity index (χ1n) is 8.37. The summed E-state index contributed by atoms with van der Waals surface area (Å²) >= 11 is 0. The summed E-state index contributed by atoms with van der Waals surface area (Å²) in [5.41, 5.74) is 8.34. The number of hydrogen-bond donors (Lipinski definition) is 1. The quantitative estimate of drug-likeness (QED) is 0.693. The van der Waals surface area contributed by atoms with E-state index in [1.165, 1.54) is 6.33 Å². The molecule has 2 aromatic heterocycles. The molecule has 8 nitrogen and oxygen atoms in total. The van der Waals surface area contributed by atoms with Crippen LogP contribution in [0.3, 0.4) is 0 Å². The van der Waals surface area contributed by atoms with Gasteiger partial charge in [-0.15, -0.1) is 0 Å². The first-order chi connectivity index (χ1) is 12.6. The van der Waals surface area contributed by atoms with Crippen molar-refractivity contribution in [3.63, 3.8) is 0 Å². The number of aryl methyl sites for hydroxylation is 1. The van der Waals surface area contributed by atoms with Crippen LogP contribution in [0.4, 0.5) is 5.82 Å². The first kappa shape index (κ1) is 17.8. The van der Waals surface area contributed by atoms with Gasteiger partial charge in [-0.3, -0.25) is 0 Å². The molecule has 2 N–H and O–H groups in total. The molecule has 3 rings (SSSR count). The SMILES string of the molecule is CCCn1c(Cc2cc(OC)c(OC)c(OC)c2)nc2c(N)ncnc21. The van der Waals surface area contributed by atoms with Crippen LogP contribution in [0.25, 0.3) is 11.2 Å². The summed E-state index contributed by atoms with van der Waals surface area (Å²) in [4.78, 5) is 13.1. The van der Waals surface area contributed by atoms with E-state index in [0.717, 1.165) is 30.0 Å². The van der Waals surface area contributed by atoms with Gasteiger partial charge < -0.3 is 24.5 Å². The highest BCUT2D eigenvalue weighted by Crippen LogP contribution is 2.38. The third-order valence-electron chi connectivity index (χ3n) is 4.17. The van der Waals surface area contributed by atoms with E-state index in [9.17, 15) is 0 Å². The molecule has 0 fully saturated rings. The number of nitrogens with zero attached hydrogens (tertiary/aromatic N) is 4. The molecule has 3 aromatic rings. The summed E-state index contributed by atoms with van der Waals surface area (Å²) in [5.74, 6) is 3.04. The predicted molar refractivity (Wildman–Crippen MR) is 98.9 cm³/mol. The maximum atomic E-state index is 5.97. The number of nitrogens with two attached hydrogens (primary N) is 1. The number of rotatable bonds is 7. The van der Waals surface area contributed by atoms with Crippen LogP contribution in [0.1, 0.15) is 24.7 Å². The van der Waals surface area contributed by atoms with Gasteiger partial charge in [0, 0.05) is 13.0 Å². The van der Waals surface area contributed by atoms with Crippen LogP contribution in [0.5, 0.6) is 17.2 Å². The van der Waals surface area contributed by atoms with E-state index in [-0.39, 0.29) is 0 Å². The normalized spacial score (nSPS) is 10.9. The van der Waals surface area contributed by atoms with Crippen LogP contribution in [-0.2, 0) is 13.0 Å². The molecule has 8 heteroatoms. The van der Waals surface area contributed by atoms with Crippen LogP contribution >= 0.6 is 0 Å². The molecule has 0 atom stereocenters. The van der Waals surface area contributed by atoms with Gasteiger partial charge in [0.2, 0.25) is 5.75 Å². The molecule has 0 bridgehead atoms. The van der Waals surface area contributed by atoms with Crippen molar-refractivity contribution in [1.29, 1.82) is 0 Å². The standard InChI is InChI=1S/C18H23N5O3/c1-5-6-23-14(22-15-17(19)20-10-21-18(15)23)9-11-7-12(24-2)16(26-4)13(8-11)25-3/h7-8,10H,5-6,9H2,1-4H3,(H2,19,20,21). The van der Waals surface area contributed by atoms with Crippen LogP contribution in [0.15, 0.2) is 18.5 Å². The fraction of sp³-hybridized carbons (Fsp3) is 0.389. The highest BCUT2D eigenvalue weighted by Gasteiger charge is 2.18. The predicted octanol–water partition coefficient (Wildman–Crippen LogP) is 2.44. The second-order valence-electron chi connectivity index (χ2n) is 5.82. The number of fused-ring (bicyclic) bond motifs is 1. The number of anilines is 1. The van der Waals surface area contributed by atoms with E-state index in [2.05, 4.69) is 26.4 Å². The maximum Gasteiger partial charge on any atom is 0.203 e. The fourth-order valence-corrected chi connectivity index (χ4v) is 3.01. The number of nitrogen functional groups attached to an aromatic ring is 1. The molecule has 2 heterocycles. The smallest absolute Gasteiger partial charge is 0.203 e. The second kappa shape index (κ2) is 7.47. The van der Waals surface area contributed by atoms with Gasteiger partial charge in [-0.05, 0) is 24.1 Å². The third kappa shape index (κ3) is 3.10. The number of hydrogen-bond acceptors (Lipinski definition) is 7. The van der Waals surface area contributed by atoms with Gasteiger partial charge in [-0.25, -0.2) is 15.0 Å². The molecule has 26 heavy (non-hydrogen) atoms. The summed E-state index contributed by atoms with van der Waals surface area (Å²) < 4.78 is 18.3. The van der Waals surface area contributed by atoms with Gasteiger partial charge >= 0.3 is 0 Å². The topological polar surface area (TPSA) is 97.3 Å². The first-order valence-corrected chi connectivity index (χ1v) is 8.37. The Morgan fingerprint density at radius 2 is 1.73 bits per heavy atom. The molecule has 0 spiro atoms. The average molecular weight is 357 g/mol. The Morgan fingerprint density at radius 1 is 1.04 bits per heavy atom. The van der Waals surface area contributed by atoms with Crippen molar-refractivity contribution in [3.05, 3.63) is 29.8 Å². The molecule has 0 aliphatic carbocycles. The molecule has 0 aliphatic heterocycles. The van der Waals surface area contributed by atoms with Gasteiger partial charge in [0.25, 0.3) is 0 Å². The monoisotopic (exact) mass is 357 g/mol. The largest absolute Gasteiger partial charge is 0.493 e. The van der Waals surface area contributed by atoms with Crippen molar-refractivity contribution < 1.29 is 14.2 Å². The number of aromatic nitrogens is 4. The lowest BCUT2D eigenvalue weighted by Gasteiger charge is -2.14. The van der Waals surface area contributed by atoms with E-state index in [4.69, 9.17) is 19.9 Å². The van der Waals surface area contributed by atoms with Crippen molar-refractivity contribution in [2.75, 3.05) is 27.1 Å². The Labute approximate surface area is 151 Å². The van der Waals surface area contributed by atoms with Gasteiger partial charge in [-0.2, -0.15) is 0 Å². The minimum Gasteiger partial charge on any atom is -0.493 e. The Kier molecular flexibility index (Phi) is 5.11. The summed E-state index contributed by atoms with van der Waals surface area (Å²) in [5, 5.41) is 0. The molecule has 0 unspecified atom stereocenters. The Balaban J connectivity index is 2.08. The molecule has 0 saturated carbocycles. The molecule has 138 valence electrons. The summed E-state index contributed by atoms with van der Waals surface area (Å²) in [6, 6.07) is 3.85. The van der Waals surface area contributed by atoms with Gasteiger partial charge in [0.05, 0.1) is 21.3 Å². The molecular weight excluding hydrogens is 334 g/mol. The average Bonchev–Trinajstić information content (AvgIpc) is 3.00. The minimum absolute atomic E-state index is 0.385. The minimum atomic E-state index is 0.385. The zero-order valence-corrected chi connectivity index (χ0v) is 15.4. The molecule has 0 amide bonds.